The molecule has 166 valence electrons. The first-order chi connectivity index (χ1) is 15.3. The Balaban J connectivity index is 2.26. The smallest absolute Gasteiger partial charge is 0.340 e. The minimum atomic E-state index is -0.618. The molecule has 3 rings (SSSR count). The molecule has 0 saturated carbocycles. The van der Waals surface area contributed by atoms with Crippen LogP contribution in [0, 0.1) is 13.8 Å². The summed E-state index contributed by atoms with van der Waals surface area (Å²) in [5.74, 6) is -0.784. The highest BCUT2D eigenvalue weighted by Gasteiger charge is 2.29. The van der Waals surface area contributed by atoms with Crippen LogP contribution in [0.25, 0.3) is 11.1 Å². The van der Waals surface area contributed by atoms with Gasteiger partial charge in [-0.1, -0.05) is 45.7 Å². The Morgan fingerprint density at radius 2 is 1.56 bits per heavy atom. The van der Waals surface area contributed by atoms with Crippen LogP contribution in [-0.2, 0) is 16.1 Å². The number of pyridine rings is 1. The third-order valence-corrected chi connectivity index (χ3v) is 5.75. The highest BCUT2D eigenvalue weighted by Crippen LogP contribution is 2.40. The summed E-state index contributed by atoms with van der Waals surface area (Å²) in [5, 5.41) is 0.576. The van der Waals surface area contributed by atoms with E-state index in [1.165, 1.54) is 14.2 Å². The number of nitrogens with zero attached hydrogens (tertiary/aromatic N) is 1. The maximum Gasteiger partial charge on any atom is 0.340 e. The van der Waals surface area contributed by atoms with E-state index < -0.39 is 11.9 Å². The molecule has 0 aliphatic carbocycles. The largest absolute Gasteiger partial charge is 0.488 e. The number of esters is 2. The molecule has 0 aliphatic heterocycles. The SMILES string of the molecule is COC(=O)c1c(C)nc(C)c(C(=O)OC)c1-c1cc(Br)ccc1OCc1ccccc1Cl. The quantitative estimate of drug-likeness (QED) is 0.376. The molecule has 0 unspecified atom stereocenters. The predicted molar refractivity (Wildman–Crippen MR) is 125 cm³/mol. The van der Waals surface area contributed by atoms with Gasteiger partial charge in [0.15, 0.2) is 0 Å². The summed E-state index contributed by atoms with van der Waals surface area (Å²) in [5.41, 5.74) is 2.83. The number of carbonyl (C=O) groups excluding carboxylic acids is 2. The van der Waals surface area contributed by atoms with Crippen LogP contribution in [0.15, 0.2) is 46.9 Å². The second-order valence-corrected chi connectivity index (χ2v) is 8.23. The van der Waals surface area contributed by atoms with Gasteiger partial charge in [-0.3, -0.25) is 4.98 Å². The van der Waals surface area contributed by atoms with Crippen molar-refractivity contribution < 1.29 is 23.8 Å². The molecule has 2 aromatic carbocycles. The molecule has 0 spiro atoms. The summed E-state index contributed by atoms with van der Waals surface area (Å²) in [4.78, 5) is 29.9. The lowest BCUT2D eigenvalue weighted by atomic mass is 9.92. The molecule has 0 saturated heterocycles. The van der Waals surface area contributed by atoms with Crippen molar-refractivity contribution in [3.05, 3.63) is 80.0 Å². The number of rotatable bonds is 6. The van der Waals surface area contributed by atoms with E-state index in [1.807, 2.05) is 24.3 Å². The molecule has 32 heavy (non-hydrogen) atoms. The number of aromatic nitrogens is 1. The molecule has 0 bridgehead atoms. The molecular formula is C24H21BrClNO5. The molecule has 0 atom stereocenters. The Morgan fingerprint density at radius 3 is 2.12 bits per heavy atom. The van der Waals surface area contributed by atoms with Crippen LogP contribution in [0.1, 0.15) is 37.7 Å². The van der Waals surface area contributed by atoms with Crippen molar-refractivity contribution in [2.45, 2.75) is 20.5 Å². The second kappa shape index (κ2) is 10.1. The monoisotopic (exact) mass is 517 g/mol. The number of halogens is 2. The summed E-state index contributed by atoms with van der Waals surface area (Å²) in [6, 6.07) is 12.7. The van der Waals surface area contributed by atoms with Gasteiger partial charge in [0, 0.05) is 26.2 Å². The third kappa shape index (κ3) is 4.79. The molecule has 6 nitrogen and oxygen atoms in total. The number of methoxy groups -OCH3 is 2. The molecule has 0 fully saturated rings. The van der Waals surface area contributed by atoms with E-state index in [9.17, 15) is 9.59 Å². The number of carbonyl (C=O) groups is 2. The van der Waals surface area contributed by atoms with Crippen LogP contribution in [0.3, 0.4) is 0 Å². The van der Waals surface area contributed by atoms with Crippen LogP contribution in [0.2, 0.25) is 5.02 Å². The lowest BCUT2D eigenvalue weighted by Gasteiger charge is -2.20. The van der Waals surface area contributed by atoms with Gasteiger partial charge in [-0.05, 0) is 38.1 Å². The fourth-order valence-electron chi connectivity index (χ4n) is 3.42. The van der Waals surface area contributed by atoms with Crippen molar-refractivity contribution in [3.63, 3.8) is 0 Å². The lowest BCUT2D eigenvalue weighted by molar-refractivity contribution is 0.0599. The van der Waals surface area contributed by atoms with Crippen molar-refractivity contribution in [1.29, 1.82) is 0 Å². The topological polar surface area (TPSA) is 74.7 Å². The van der Waals surface area contributed by atoms with E-state index in [-0.39, 0.29) is 17.7 Å². The minimum Gasteiger partial charge on any atom is -0.488 e. The zero-order valence-electron chi connectivity index (χ0n) is 18.0. The average Bonchev–Trinajstić information content (AvgIpc) is 2.77. The summed E-state index contributed by atoms with van der Waals surface area (Å²) in [7, 11) is 2.55. The van der Waals surface area contributed by atoms with Crippen LogP contribution in [0.5, 0.6) is 5.75 Å². The van der Waals surface area contributed by atoms with Crippen molar-refractivity contribution in [2.75, 3.05) is 14.2 Å². The lowest BCUT2D eigenvalue weighted by Crippen LogP contribution is -2.16. The Bertz CT molecular complexity index is 1150. The number of hydrogen-bond acceptors (Lipinski definition) is 6. The van der Waals surface area contributed by atoms with Crippen LogP contribution < -0.4 is 4.74 Å². The van der Waals surface area contributed by atoms with Crippen molar-refractivity contribution in [1.82, 2.24) is 4.98 Å². The second-order valence-electron chi connectivity index (χ2n) is 6.91. The molecule has 0 N–H and O–H groups in total. The van der Waals surface area contributed by atoms with E-state index >= 15 is 0 Å². The van der Waals surface area contributed by atoms with Gasteiger partial charge < -0.3 is 14.2 Å². The molecule has 8 heteroatoms. The van der Waals surface area contributed by atoms with Gasteiger partial charge in [0.1, 0.15) is 12.4 Å². The van der Waals surface area contributed by atoms with Crippen LogP contribution in [0.4, 0.5) is 0 Å². The maximum absolute atomic E-state index is 12.7. The number of benzene rings is 2. The van der Waals surface area contributed by atoms with Gasteiger partial charge in [-0.25, -0.2) is 9.59 Å². The zero-order valence-corrected chi connectivity index (χ0v) is 20.3. The summed E-state index contributed by atoms with van der Waals surface area (Å²) < 4.78 is 16.8. The Kier molecular flexibility index (Phi) is 7.53. The van der Waals surface area contributed by atoms with Gasteiger partial charge in [0.2, 0.25) is 0 Å². The first kappa shape index (κ1) is 23.8. The van der Waals surface area contributed by atoms with E-state index in [4.69, 9.17) is 25.8 Å². The number of hydrogen-bond donors (Lipinski definition) is 0. The highest BCUT2D eigenvalue weighted by atomic mass is 79.9. The number of ether oxygens (including phenoxy) is 3. The predicted octanol–water partition coefficient (Wildman–Crippen LogP) is 5.93. The highest BCUT2D eigenvalue weighted by molar-refractivity contribution is 9.10. The standard InChI is InChI=1S/C24H21BrClNO5/c1-13-20(23(28)30-3)22(21(14(2)27-13)24(29)31-4)17-11-16(25)9-10-19(17)32-12-15-7-5-6-8-18(15)26/h5-11H,12H2,1-4H3. The van der Waals surface area contributed by atoms with E-state index in [0.29, 0.717) is 33.3 Å². The Morgan fingerprint density at radius 1 is 0.969 bits per heavy atom. The molecular weight excluding hydrogens is 498 g/mol. The molecule has 0 amide bonds. The van der Waals surface area contributed by atoms with Gasteiger partial charge in [-0.2, -0.15) is 0 Å². The molecule has 3 aromatic rings. The van der Waals surface area contributed by atoms with E-state index in [1.54, 1.807) is 32.0 Å². The number of aryl methyl sites for hydroxylation is 2. The zero-order chi connectivity index (χ0) is 23.4. The average molecular weight is 519 g/mol. The molecule has 1 heterocycles. The first-order valence-electron chi connectivity index (χ1n) is 9.62. The summed E-state index contributed by atoms with van der Waals surface area (Å²) in [6.07, 6.45) is 0. The third-order valence-electron chi connectivity index (χ3n) is 4.89. The molecule has 0 aliphatic rings. The van der Waals surface area contributed by atoms with Crippen molar-refractivity contribution in [3.8, 4) is 16.9 Å². The fourth-order valence-corrected chi connectivity index (χ4v) is 3.97. The van der Waals surface area contributed by atoms with Crippen molar-refractivity contribution in [2.24, 2.45) is 0 Å². The maximum atomic E-state index is 12.7. The van der Waals surface area contributed by atoms with E-state index in [0.717, 1.165) is 10.0 Å². The normalized spacial score (nSPS) is 10.6. The van der Waals surface area contributed by atoms with Gasteiger partial charge >= 0.3 is 11.9 Å². The van der Waals surface area contributed by atoms with Crippen LogP contribution >= 0.6 is 27.5 Å². The van der Waals surface area contributed by atoms with Gasteiger partial charge in [0.05, 0.1) is 36.7 Å². The van der Waals surface area contributed by atoms with Crippen molar-refractivity contribution >= 4 is 39.5 Å². The summed E-state index contributed by atoms with van der Waals surface area (Å²) in [6.45, 7) is 3.57. The molecule has 0 radical (unpaired) electrons. The van der Waals surface area contributed by atoms with Crippen LogP contribution in [-0.4, -0.2) is 31.1 Å². The van der Waals surface area contributed by atoms with Gasteiger partial charge in [-0.15, -0.1) is 0 Å². The first-order valence-corrected chi connectivity index (χ1v) is 10.8. The minimum absolute atomic E-state index is 0.166. The Labute approximate surface area is 199 Å². The molecule has 1 aromatic heterocycles. The van der Waals surface area contributed by atoms with E-state index in [2.05, 4.69) is 20.9 Å². The summed E-state index contributed by atoms with van der Waals surface area (Å²) >= 11 is 9.74. The van der Waals surface area contributed by atoms with Gasteiger partial charge in [0.25, 0.3) is 0 Å². The fraction of sp³-hybridized carbons (Fsp3) is 0.208. The Hall–Kier alpha value is -2.90.